The number of aliphatic imine (C=N–C) groups is 1. The second-order valence-electron chi connectivity index (χ2n) is 9.37. The summed E-state index contributed by atoms with van der Waals surface area (Å²) < 4.78 is 22.4. The smallest absolute Gasteiger partial charge is 0.251 e. The molecule has 11 heteroatoms. The maximum absolute atomic E-state index is 13.8. The van der Waals surface area contributed by atoms with Gasteiger partial charge < -0.3 is 29.4 Å². The van der Waals surface area contributed by atoms with Gasteiger partial charge >= 0.3 is 0 Å². The fourth-order valence-electron chi connectivity index (χ4n) is 4.50. The van der Waals surface area contributed by atoms with Crippen LogP contribution in [0.1, 0.15) is 23.1 Å². The number of benzene rings is 3. The van der Waals surface area contributed by atoms with Crippen molar-refractivity contribution in [3.05, 3.63) is 93.9 Å². The SMILES string of the molecule is COc1ccc(OC)c(CCNC(=O)[C@@]2(Cc3ccccc3N=[N+]=[N-])COC(c3ccc(OCCCO)cc3)=N2)c1. The van der Waals surface area contributed by atoms with Crippen LogP contribution in [0.4, 0.5) is 5.69 Å². The van der Waals surface area contributed by atoms with Crippen LogP contribution < -0.4 is 19.5 Å². The third kappa shape index (κ3) is 7.27. The van der Waals surface area contributed by atoms with E-state index in [0.29, 0.717) is 66.0 Å². The van der Waals surface area contributed by atoms with Gasteiger partial charge in [-0.05, 0) is 65.5 Å². The molecule has 0 saturated carbocycles. The van der Waals surface area contributed by atoms with E-state index in [4.69, 9.17) is 34.6 Å². The minimum atomic E-state index is -1.29. The lowest BCUT2D eigenvalue weighted by atomic mass is 9.90. The first-order valence-corrected chi connectivity index (χ1v) is 13.2. The van der Waals surface area contributed by atoms with Crippen LogP contribution >= 0.6 is 0 Å². The molecule has 3 aromatic rings. The van der Waals surface area contributed by atoms with Crippen LogP contribution in [0.3, 0.4) is 0 Å². The van der Waals surface area contributed by atoms with Gasteiger partial charge in [-0.2, -0.15) is 0 Å². The Balaban J connectivity index is 1.57. The lowest BCUT2D eigenvalue weighted by Gasteiger charge is -2.24. The summed E-state index contributed by atoms with van der Waals surface area (Å²) in [5.41, 5.74) is 10.5. The highest BCUT2D eigenvalue weighted by Gasteiger charge is 2.44. The van der Waals surface area contributed by atoms with E-state index in [1.807, 2.05) is 42.5 Å². The Morgan fingerprint density at radius 1 is 1.10 bits per heavy atom. The number of methoxy groups -OCH3 is 2. The van der Waals surface area contributed by atoms with Crippen LogP contribution in [0.2, 0.25) is 0 Å². The molecule has 0 aliphatic carbocycles. The van der Waals surface area contributed by atoms with E-state index in [9.17, 15) is 4.79 Å². The average Bonchev–Trinajstić information content (AvgIpc) is 3.44. The second kappa shape index (κ2) is 14.1. The lowest BCUT2D eigenvalue weighted by molar-refractivity contribution is -0.126. The highest BCUT2D eigenvalue weighted by atomic mass is 16.5. The Labute approximate surface area is 238 Å². The van der Waals surface area contributed by atoms with Crippen molar-refractivity contribution in [2.75, 3.05) is 40.6 Å². The van der Waals surface area contributed by atoms with Crippen LogP contribution in [0.25, 0.3) is 10.4 Å². The highest BCUT2D eigenvalue weighted by Crippen LogP contribution is 2.31. The lowest BCUT2D eigenvalue weighted by Crippen LogP contribution is -2.49. The van der Waals surface area contributed by atoms with E-state index in [0.717, 1.165) is 5.56 Å². The normalized spacial score (nSPS) is 15.7. The van der Waals surface area contributed by atoms with Gasteiger partial charge in [-0.15, -0.1) is 0 Å². The number of hydrogen-bond donors (Lipinski definition) is 2. The Hall–Kier alpha value is -4.73. The molecule has 0 fully saturated rings. The van der Waals surface area contributed by atoms with Gasteiger partial charge in [-0.3, -0.25) is 4.79 Å². The minimum absolute atomic E-state index is 0.00992. The molecule has 1 aliphatic heterocycles. The summed E-state index contributed by atoms with van der Waals surface area (Å²) in [6, 6.07) is 19.8. The van der Waals surface area contributed by atoms with Gasteiger partial charge in [0.2, 0.25) is 5.90 Å². The molecule has 1 amide bonds. The van der Waals surface area contributed by atoms with Crippen molar-refractivity contribution in [1.82, 2.24) is 5.32 Å². The molecule has 0 bridgehead atoms. The number of carbonyl (C=O) groups excluding carboxylic acids is 1. The summed E-state index contributed by atoms with van der Waals surface area (Å²) in [5.74, 6) is 2.07. The fraction of sp³-hybridized carbons (Fsp3) is 0.333. The fourth-order valence-corrected chi connectivity index (χ4v) is 4.50. The zero-order valence-electron chi connectivity index (χ0n) is 23.1. The van der Waals surface area contributed by atoms with Crippen molar-refractivity contribution in [3.63, 3.8) is 0 Å². The molecule has 0 aromatic heterocycles. The summed E-state index contributed by atoms with van der Waals surface area (Å²) in [5, 5.41) is 15.8. The highest BCUT2D eigenvalue weighted by molar-refractivity contribution is 6.00. The van der Waals surface area contributed by atoms with Gasteiger partial charge in [0.05, 0.1) is 20.8 Å². The van der Waals surface area contributed by atoms with E-state index in [-0.39, 0.29) is 25.5 Å². The number of hydrogen-bond acceptors (Lipinski definition) is 8. The molecular weight excluding hydrogens is 526 g/mol. The number of rotatable bonds is 14. The van der Waals surface area contributed by atoms with Crippen LogP contribution in [0.15, 0.2) is 76.8 Å². The predicted octanol–water partition coefficient (Wildman–Crippen LogP) is 4.52. The standard InChI is InChI=1S/C30H33N5O6/c1-38-25-12-13-27(39-2)22(18-25)14-15-32-29(37)30(19-23-6-3-4-7-26(23)34-35-31)20-41-28(33-30)21-8-10-24(11-9-21)40-17-5-16-36/h3-4,6-13,18,36H,5,14-17,19-20H2,1-2H3,(H,32,37)/t30-/m1/s1. The van der Waals surface area contributed by atoms with Gasteiger partial charge in [0.1, 0.15) is 23.9 Å². The molecule has 4 rings (SSSR count). The monoisotopic (exact) mass is 559 g/mol. The Morgan fingerprint density at radius 2 is 1.88 bits per heavy atom. The van der Waals surface area contributed by atoms with Gasteiger partial charge in [-0.25, -0.2) is 4.99 Å². The van der Waals surface area contributed by atoms with E-state index in [2.05, 4.69) is 15.3 Å². The van der Waals surface area contributed by atoms with E-state index in [1.54, 1.807) is 38.5 Å². The van der Waals surface area contributed by atoms with Gasteiger partial charge in [0.15, 0.2) is 5.54 Å². The topological polar surface area (TPSA) is 147 Å². The van der Waals surface area contributed by atoms with Crippen molar-refractivity contribution < 1.29 is 28.8 Å². The Morgan fingerprint density at radius 3 is 2.61 bits per heavy atom. The predicted molar refractivity (Wildman–Crippen MR) is 154 cm³/mol. The van der Waals surface area contributed by atoms with E-state index < -0.39 is 5.54 Å². The molecule has 2 N–H and O–H groups in total. The van der Waals surface area contributed by atoms with Crippen molar-refractivity contribution in [3.8, 4) is 17.2 Å². The maximum Gasteiger partial charge on any atom is 0.251 e. The molecule has 0 spiro atoms. The second-order valence-corrected chi connectivity index (χ2v) is 9.37. The summed E-state index contributed by atoms with van der Waals surface area (Å²) >= 11 is 0. The first-order chi connectivity index (χ1) is 20.0. The van der Waals surface area contributed by atoms with Gasteiger partial charge in [0.25, 0.3) is 5.91 Å². The number of aliphatic hydroxyl groups is 1. The third-order valence-corrected chi connectivity index (χ3v) is 6.65. The number of amides is 1. The third-order valence-electron chi connectivity index (χ3n) is 6.65. The van der Waals surface area contributed by atoms with Gasteiger partial charge in [0, 0.05) is 42.2 Å². The minimum Gasteiger partial charge on any atom is -0.497 e. The summed E-state index contributed by atoms with van der Waals surface area (Å²) in [7, 11) is 3.19. The van der Waals surface area contributed by atoms with E-state index >= 15 is 0 Å². The van der Waals surface area contributed by atoms with Crippen molar-refractivity contribution >= 4 is 17.5 Å². The zero-order chi connectivity index (χ0) is 29.1. The number of nitrogens with one attached hydrogen (secondary N) is 1. The summed E-state index contributed by atoms with van der Waals surface area (Å²) in [6.45, 7) is 0.800. The summed E-state index contributed by atoms with van der Waals surface area (Å²) in [4.78, 5) is 21.5. The maximum atomic E-state index is 13.8. The van der Waals surface area contributed by atoms with Crippen LogP contribution in [-0.4, -0.2) is 63.0 Å². The molecule has 1 aliphatic rings. The van der Waals surface area contributed by atoms with Crippen LogP contribution in [0, 0.1) is 0 Å². The molecule has 1 heterocycles. The van der Waals surface area contributed by atoms with Crippen molar-refractivity contribution in [1.29, 1.82) is 0 Å². The van der Waals surface area contributed by atoms with Crippen molar-refractivity contribution in [2.24, 2.45) is 10.1 Å². The van der Waals surface area contributed by atoms with Gasteiger partial charge in [-0.1, -0.05) is 29.4 Å². The first-order valence-electron chi connectivity index (χ1n) is 13.2. The molecular formula is C30H33N5O6. The molecule has 41 heavy (non-hydrogen) atoms. The zero-order valence-corrected chi connectivity index (χ0v) is 23.1. The number of aliphatic hydroxyl groups excluding tert-OH is 1. The number of nitrogens with zero attached hydrogens (tertiary/aromatic N) is 4. The Kier molecular flexibility index (Phi) is 10.0. The molecule has 1 atom stereocenters. The molecule has 0 unspecified atom stereocenters. The number of ether oxygens (including phenoxy) is 4. The molecule has 0 radical (unpaired) electrons. The Bertz CT molecular complexity index is 1420. The molecule has 0 saturated heterocycles. The summed E-state index contributed by atoms with van der Waals surface area (Å²) in [6.07, 6.45) is 1.21. The number of carbonyl (C=O) groups is 1. The average molecular weight is 560 g/mol. The van der Waals surface area contributed by atoms with Crippen LogP contribution in [0.5, 0.6) is 17.2 Å². The molecule has 11 nitrogen and oxygen atoms in total. The van der Waals surface area contributed by atoms with Crippen LogP contribution in [-0.2, 0) is 22.4 Å². The first kappa shape index (κ1) is 29.3. The quantitative estimate of drug-likeness (QED) is 0.128. The largest absolute Gasteiger partial charge is 0.497 e. The molecule has 214 valence electrons. The number of azide groups is 1. The van der Waals surface area contributed by atoms with E-state index in [1.165, 1.54) is 0 Å². The molecule has 3 aromatic carbocycles. The van der Waals surface area contributed by atoms with Crippen molar-refractivity contribution in [2.45, 2.75) is 24.8 Å².